The third kappa shape index (κ3) is 3.75. The highest BCUT2D eigenvalue weighted by Crippen LogP contribution is 2.37. The molecule has 0 atom stereocenters. The number of carboxylic acid groups (broad SMARTS) is 1. The van der Waals surface area contributed by atoms with E-state index < -0.39 is 11.9 Å². The van der Waals surface area contributed by atoms with Gasteiger partial charge in [0.05, 0.1) is 16.1 Å². The average molecular weight is 453 g/mol. The van der Waals surface area contributed by atoms with Crippen LogP contribution >= 0.6 is 38.9 Å². The summed E-state index contributed by atoms with van der Waals surface area (Å²) in [5, 5.41) is 23.8. The third-order valence-corrected chi connectivity index (χ3v) is 5.36. The second-order valence-electron chi connectivity index (χ2n) is 5.28. The van der Waals surface area contributed by atoms with Crippen molar-refractivity contribution in [3.63, 3.8) is 0 Å². The molecule has 3 aromatic rings. The lowest BCUT2D eigenvalue weighted by Crippen LogP contribution is -2.14. The Morgan fingerprint density at radius 3 is 2.46 bits per heavy atom. The van der Waals surface area contributed by atoms with Crippen LogP contribution in [-0.2, 0) is 0 Å². The highest BCUT2D eigenvalue weighted by atomic mass is 79.9. The minimum Gasteiger partial charge on any atom is -0.507 e. The predicted octanol–water partition coefficient (Wildman–Crippen LogP) is 5.49. The number of carbonyl (C=O) groups excluding carboxylic acids is 1. The standard InChI is InChI=1S/C18H11BrClNO4S/c19-10-3-1-9(2-4-10)16-15(18(24)25)13(8-26-16)21-17(23)12-7-11(20)5-6-14(12)22/h1-8,22H,(H,21,23)(H,24,25). The molecule has 3 N–H and O–H groups in total. The molecular formula is C18H11BrClNO4S. The Kier molecular flexibility index (Phi) is 5.31. The van der Waals surface area contributed by atoms with Gasteiger partial charge < -0.3 is 15.5 Å². The molecule has 0 saturated heterocycles. The number of halogens is 2. The number of hydrogen-bond acceptors (Lipinski definition) is 4. The number of rotatable bonds is 4. The van der Waals surface area contributed by atoms with Crippen LogP contribution in [0.1, 0.15) is 20.7 Å². The molecule has 0 spiro atoms. The molecule has 2 aromatic carbocycles. The zero-order chi connectivity index (χ0) is 18.8. The van der Waals surface area contributed by atoms with Gasteiger partial charge in [0.1, 0.15) is 11.3 Å². The number of benzene rings is 2. The van der Waals surface area contributed by atoms with Crippen molar-refractivity contribution < 1.29 is 19.8 Å². The first-order valence-corrected chi connectivity index (χ1v) is 9.32. The quantitative estimate of drug-likeness (QED) is 0.489. The number of carboxylic acids is 1. The van der Waals surface area contributed by atoms with Gasteiger partial charge in [-0.1, -0.05) is 39.7 Å². The molecule has 0 aliphatic carbocycles. The van der Waals surface area contributed by atoms with Crippen LogP contribution in [0.2, 0.25) is 5.02 Å². The van der Waals surface area contributed by atoms with Gasteiger partial charge in [0, 0.05) is 14.9 Å². The Balaban J connectivity index is 1.98. The first kappa shape index (κ1) is 18.4. The van der Waals surface area contributed by atoms with Crippen LogP contribution in [0.4, 0.5) is 5.69 Å². The third-order valence-electron chi connectivity index (χ3n) is 3.56. The molecule has 0 saturated carbocycles. The molecule has 0 aliphatic rings. The fourth-order valence-electron chi connectivity index (χ4n) is 2.36. The number of aromatic hydroxyl groups is 1. The van der Waals surface area contributed by atoms with Crippen molar-refractivity contribution in [3.8, 4) is 16.2 Å². The fourth-order valence-corrected chi connectivity index (χ4v) is 3.79. The molecule has 0 aliphatic heterocycles. The Hall–Kier alpha value is -2.35. The number of anilines is 1. The summed E-state index contributed by atoms with van der Waals surface area (Å²) in [6.45, 7) is 0. The minimum atomic E-state index is -1.16. The van der Waals surface area contributed by atoms with Gasteiger partial charge in [-0.15, -0.1) is 11.3 Å². The zero-order valence-electron chi connectivity index (χ0n) is 13.0. The molecule has 0 bridgehead atoms. The smallest absolute Gasteiger partial charge is 0.339 e. The normalized spacial score (nSPS) is 10.5. The van der Waals surface area contributed by atoms with Crippen LogP contribution in [0, 0.1) is 0 Å². The van der Waals surface area contributed by atoms with Crippen LogP contribution in [0.25, 0.3) is 10.4 Å². The second-order valence-corrected chi connectivity index (χ2v) is 7.51. The van der Waals surface area contributed by atoms with Crippen LogP contribution in [0.3, 0.4) is 0 Å². The SMILES string of the molecule is O=C(Nc1csc(-c2ccc(Br)cc2)c1C(=O)O)c1cc(Cl)ccc1O. The van der Waals surface area contributed by atoms with E-state index in [1.54, 1.807) is 17.5 Å². The summed E-state index contributed by atoms with van der Waals surface area (Å²) in [5.41, 5.74) is 0.837. The molecule has 132 valence electrons. The maximum atomic E-state index is 12.4. The Bertz CT molecular complexity index is 1000. The second kappa shape index (κ2) is 7.49. The Labute approximate surface area is 166 Å². The van der Waals surface area contributed by atoms with E-state index in [0.29, 0.717) is 4.88 Å². The maximum Gasteiger partial charge on any atom is 0.339 e. The van der Waals surface area contributed by atoms with Crippen LogP contribution in [0.15, 0.2) is 52.3 Å². The van der Waals surface area contributed by atoms with Gasteiger partial charge in [-0.05, 0) is 35.9 Å². The molecule has 1 aromatic heterocycles. The summed E-state index contributed by atoms with van der Waals surface area (Å²) in [5.74, 6) is -2.05. The van der Waals surface area contributed by atoms with Gasteiger partial charge in [-0.2, -0.15) is 0 Å². The minimum absolute atomic E-state index is 0.00723. The largest absolute Gasteiger partial charge is 0.507 e. The number of phenolic OH excluding ortho intramolecular Hbond substituents is 1. The number of hydrogen-bond donors (Lipinski definition) is 3. The lowest BCUT2D eigenvalue weighted by atomic mass is 10.1. The van der Waals surface area contributed by atoms with Gasteiger partial charge in [0.15, 0.2) is 0 Å². The van der Waals surface area contributed by atoms with Crippen molar-refractivity contribution in [1.82, 2.24) is 0 Å². The first-order valence-electron chi connectivity index (χ1n) is 7.27. The molecule has 1 heterocycles. The molecule has 0 fully saturated rings. The van der Waals surface area contributed by atoms with Gasteiger partial charge in [0.2, 0.25) is 0 Å². The average Bonchev–Trinajstić information content (AvgIpc) is 3.01. The lowest BCUT2D eigenvalue weighted by molar-refractivity contribution is 0.0699. The molecule has 1 amide bonds. The Morgan fingerprint density at radius 1 is 1.12 bits per heavy atom. The molecule has 8 heteroatoms. The summed E-state index contributed by atoms with van der Waals surface area (Å²) in [6, 6.07) is 11.3. The van der Waals surface area contributed by atoms with Gasteiger partial charge in [-0.3, -0.25) is 4.79 Å². The topological polar surface area (TPSA) is 86.6 Å². The van der Waals surface area contributed by atoms with E-state index in [4.69, 9.17) is 11.6 Å². The number of phenols is 1. The van der Waals surface area contributed by atoms with Crippen LogP contribution < -0.4 is 5.32 Å². The molecule has 3 rings (SSSR count). The number of amides is 1. The molecule has 0 radical (unpaired) electrons. The predicted molar refractivity (Wildman–Crippen MR) is 105 cm³/mol. The molecular weight excluding hydrogens is 442 g/mol. The summed E-state index contributed by atoms with van der Waals surface area (Å²) >= 11 is 10.4. The van der Waals surface area contributed by atoms with Crippen molar-refractivity contribution in [1.29, 1.82) is 0 Å². The fraction of sp³-hybridized carbons (Fsp3) is 0. The summed E-state index contributed by atoms with van der Waals surface area (Å²) in [7, 11) is 0. The maximum absolute atomic E-state index is 12.4. The van der Waals surface area contributed by atoms with Crippen molar-refractivity contribution in [2.75, 3.05) is 5.32 Å². The molecule has 5 nitrogen and oxygen atoms in total. The van der Waals surface area contributed by atoms with Gasteiger partial charge in [0.25, 0.3) is 5.91 Å². The highest BCUT2D eigenvalue weighted by molar-refractivity contribution is 9.10. The van der Waals surface area contributed by atoms with Gasteiger partial charge in [-0.25, -0.2) is 4.79 Å². The van der Waals surface area contributed by atoms with Gasteiger partial charge >= 0.3 is 5.97 Å². The number of carbonyl (C=O) groups is 2. The van der Waals surface area contributed by atoms with E-state index in [1.807, 2.05) is 12.1 Å². The highest BCUT2D eigenvalue weighted by Gasteiger charge is 2.22. The van der Waals surface area contributed by atoms with Crippen molar-refractivity contribution in [2.45, 2.75) is 0 Å². The van der Waals surface area contributed by atoms with E-state index in [-0.39, 0.29) is 27.6 Å². The van der Waals surface area contributed by atoms with Crippen LogP contribution in [0.5, 0.6) is 5.75 Å². The zero-order valence-corrected chi connectivity index (χ0v) is 16.2. The van der Waals surface area contributed by atoms with Crippen molar-refractivity contribution in [2.24, 2.45) is 0 Å². The number of nitrogens with one attached hydrogen (secondary N) is 1. The van der Waals surface area contributed by atoms with E-state index in [0.717, 1.165) is 10.0 Å². The van der Waals surface area contributed by atoms with E-state index in [9.17, 15) is 19.8 Å². The summed E-state index contributed by atoms with van der Waals surface area (Å²) < 4.78 is 0.875. The van der Waals surface area contributed by atoms with Crippen molar-refractivity contribution >= 4 is 56.4 Å². The lowest BCUT2D eigenvalue weighted by Gasteiger charge is -2.08. The molecule has 0 unspecified atom stereocenters. The summed E-state index contributed by atoms with van der Waals surface area (Å²) in [6.07, 6.45) is 0. The summed E-state index contributed by atoms with van der Waals surface area (Å²) in [4.78, 5) is 24.7. The van der Waals surface area contributed by atoms with Crippen molar-refractivity contribution in [3.05, 3.63) is 68.5 Å². The van der Waals surface area contributed by atoms with E-state index >= 15 is 0 Å². The monoisotopic (exact) mass is 451 g/mol. The number of aromatic carboxylic acids is 1. The van der Waals surface area contributed by atoms with E-state index in [2.05, 4.69) is 21.2 Å². The van der Waals surface area contributed by atoms with Crippen LogP contribution in [-0.4, -0.2) is 22.1 Å². The van der Waals surface area contributed by atoms with E-state index in [1.165, 1.54) is 29.5 Å². The molecule has 26 heavy (non-hydrogen) atoms. The number of thiophene rings is 1. The first-order chi connectivity index (χ1) is 12.4. The Morgan fingerprint density at radius 2 is 1.81 bits per heavy atom.